The van der Waals surface area contributed by atoms with Gasteiger partial charge in [-0.3, -0.25) is 4.79 Å². The van der Waals surface area contributed by atoms with E-state index in [1.165, 1.54) is 5.56 Å². The van der Waals surface area contributed by atoms with Crippen LogP contribution in [-0.4, -0.2) is 42.2 Å². The summed E-state index contributed by atoms with van der Waals surface area (Å²) < 4.78 is 0. The summed E-state index contributed by atoms with van der Waals surface area (Å²) >= 11 is 1.80. The molecule has 1 unspecified atom stereocenters. The van der Waals surface area contributed by atoms with E-state index in [9.17, 15) is 4.79 Å². The summed E-state index contributed by atoms with van der Waals surface area (Å²) in [5.41, 5.74) is 1.30. The maximum Gasteiger partial charge on any atom is 0.235 e. The van der Waals surface area contributed by atoms with Gasteiger partial charge in [-0.25, -0.2) is 0 Å². The standard InChI is InChI=1S/C20H32N2OS.ClH/c1-4-21-14-17-10-12-22(13-11-17)20(23)19(16(2)3)24-15-18-8-6-5-7-9-18;/h5-9,16-17,19,21H,4,10-15H2,1-3H3;1H. The van der Waals surface area contributed by atoms with Crippen molar-refractivity contribution < 1.29 is 4.79 Å². The van der Waals surface area contributed by atoms with Gasteiger partial charge in [-0.2, -0.15) is 0 Å². The number of benzene rings is 1. The number of carbonyl (C=O) groups is 1. The van der Waals surface area contributed by atoms with E-state index in [2.05, 4.69) is 55.3 Å². The van der Waals surface area contributed by atoms with Crippen molar-refractivity contribution in [2.24, 2.45) is 11.8 Å². The summed E-state index contributed by atoms with van der Waals surface area (Å²) in [6, 6.07) is 10.5. The Hall–Kier alpha value is -0.710. The molecule has 0 aromatic heterocycles. The predicted molar refractivity (Wildman–Crippen MR) is 111 cm³/mol. The molecule has 1 aromatic rings. The third-order valence-electron chi connectivity index (χ3n) is 4.73. The number of carbonyl (C=O) groups excluding carboxylic acids is 1. The fraction of sp³-hybridized carbons (Fsp3) is 0.650. The Morgan fingerprint density at radius 2 is 1.88 bits per heavy atom. The van der Waals surface area contributed by atoms with E-state index < -0.39 is 0 Å². The fourth-order valence-electron chi connectivity index (χ4n) is 3.20. The van der Waals surface area contributed by atoms with Crippen LogP contribution < -0.4 is 5.32 Å². The second kappa shape index (κ2) is 11.8. The molecule has 1 fully saturated rings. The van der Waals surface area contributed by atoms with Crippen molar-refractivity contribution in [2.75, 3.05) is 26.2 Å². The van der Waals surface area contributed by atoms with Crippen LogP contribution in [0.2, 0.25) is 0 Å². The van der Waals surface area contributed by atoms with Gasteiger partial charge in [-0.1, -0.05) is 51.1 Å². The number of rotatable bonds is 8. The largest absolute Gasteiger partial charge is 0.342 e. The zero-order chi connectivity index (χ0) is 17.4. The average molecular weight is 385 g/mol. The van der Waals surface area contributed by atoms with Gasteiger partial charge < -0.3 is 10.2 Å². The molecule has 3 nitrogen and oxygen atoms in total. The number of hydrogen-bond donors (Lipinski definition) is 1. The molecule has 1 N–H and O–H groups in total. The van der Waals surface area contributed by atoms with Crippen molar-refractivity contribution in [3.8, 4) is 0 Å². The number of thioether (sulfide) groups is 1. The minimum absolute atomic E-state index is 0. The Kier molecular flexibility index (Phi) is 10.6. The van der Waals surface area contributed by atoms with Crippen LogP contribution in [-0.2, 0) is 10.5 Å². The molecular formula is C20H33ClN2OS. The monoisotopic (exact) mass is 384 g/mol. The lowest BCUT2D eigenvalue weighted by atomic mass is 9.96. The van der Waals surface area contributed by atoms with Crippen LogP contribution in [0.25, 0.3) is 0 Å². The zero-order valence-electron chi connectivity index (χ0n) is 15.7. The van der Waals surface area contributed by atoms with Crippen LogP contribution >= 0.6 is 24.2 Å². The topological polar surface area (TPSA) is 32.3 Å². The van der Waals surface area contributed by atoms with E-state index in [0.29, 0.717) is 11.8 Å². The highest BCUT2D eigenvalue weighted by Gasteiger charge is 2.30. The molecule has 1 amide bonds. The Balaban J connectivity index is 0.00000312. The minimum Gasteiger partial charge on any atom is -0.342 e. The highest BCUT2D eigenvalue weighted by atomic mass is 35.5. The van der Waals surface area contributed by atoms with E-state index in [1.54, 1.807) is 11.8 Å². The van der Waals surface area contributed by atoms with E-state index in [0.717, 1.165) is 50.7 Å². The molecule has 0 bridgehead atoms. The number of nitrogens with one attached hydrogen (secondary N) is 1. The van der Waals surface area contributed by atoms with Gasteiger partial charge in [0.15, 0.2) is 0 Å². The molecule has 1 aliphatic heterocycles. The van der Waals surface area contributed by atoms with Gasteiger partial charge in [0.1, 0.15) is 0 Å². The Labute approximate surface area is 163 Å². The van der Waals surface area contributed by atoms with Gasteiger partial charge in [-0.15, -0.1) is 24.2 Å². The Morgan fingerprint density at radius 3 is 2.44 bits per heavy atom. The molecular weight excluding hydrogens is 352 g/mol. The Bertz CT molecular complexity index is 490. The van der Waals surface area contributed by atoms with Crippen molar-refractivity contribution in [1.82, 2.24) is 10.2 Å². The lowest BCUT2D eigenvalue weighted by molar-refractivity contribution is -0.132. The lowest BCUT2D eigenvalue weighted by Crippen LogP contribution is -2.45. The molecule has 0 saturated carbocycles. The summed E-state index contributed by atoms with van der Waals surface area (Å²) in [6.07, 6.45) is 2.26. The normalized spacial score (nSPS) is 16.6. The first kappa shape index (κ1) is 22.3. The van der Waals surface area contributed by atoms with Crippen molar-refractivity contribution in [1.29, 1.82) is 0 Å². The van der Waals surface area contributed by atoms with Crippen LogP contribution in [0.3, 0.4) is 0 Å². The molecule has 25 heavy (non-hydrogen) atoms. The highest BCUT2D eigenvalue weighted by molar-refractivity contribution is 7.99. The second-order valence-electron chi connectivity index (χ2n) is 7.04. The maximum atomic E-state index is 13.0. The molecule has 5 heteroatoms. The third-order valence-corrected chi connectivity index (χ3v) is 6.34. The van der Waals surface area contributed by atoms with E-state index >= 15 is 0 Å². The van der Waals surface area contributed by atoms with Crippen molar-refractivity contribution >= 4 is 30.1 Å². The SMILES string of the molecule is CCNCC1CCN(C(=O)C(SCc2ccccc2)C(C)C)CC1.Cl. The number of piperidine rings is 1. The maximum absolute atomic E-state index is 13.0. The molecule has 0 spiro atoms. The third kappa shape index (κ3) is 7.20. The van der Waals surface area contributed by atoms with E-state index in [4.69, 9.17) is 0 Å². The summed E-state index contributed by atoms with van der Waals surface area (Å²) in [7, 11) is 0. The molecule has 142 valence electrons. The first-order valence-corrected chi connectivity index (χ1v) is 10.3. The summed E-state index contributed by atoms with van der Waals surface area (Å²) in [6.45, 7) is 10.4. The molecule has 2 rings (SSSR count). The zero-order valence-corrected chi connectivity index (χ0v) is 17.4. The molecule has 0 aliphatic carbocycles. The number of halogens is 1. The van der Waals surface area contributed by atoms with Gasteiger partial charge >= 0.3 is 0 Å². The van der Waals surface area contributed by atoms with Crippen molar-refractivity contribution in [3.05, 3.63) is 35.9 Å². The molecule has 0 radical (unpaired) electrons. The quantitative estimate of drug-likeness (QED) is 0.728. The van der Waals surface area contributed by atoms with Crippen molar-refractivity contribution in [3.63, 3.8) is 0 Å². The van der Waals surface area contributed by atoms with Gasteiger partial charge in [-0.05, 0) is 43.3 Å². The first-order valence-electron chi connectivity index (χ1n) is 9.26. The van der Waals surface area contributed by atoms with Crippen molar-refractivity contribution in [2.45, 2.75) is 44.6 Å². The summed E-state index contributed by atoms with van der Waals surface area (Å²) in [5, 5.41) is 3.50. The number of nitrogens with zero attached hydrogens (tertiary/aromatic N) is 1. The van der Waals surface area contributed by atoms with Crippen LogP contribution in [0.15, 0.2) is 30.3 Å². The first-order chi connectivity index (χ1) is 11.6. The number of likely N-dealkylation sites (tertiary alicyclic amines) is 1. The van der Waals surface area contributed by atoms with Gasteiger partial charge in [0.05, 0.1) is 5.25 Å². The predicted octanol–water partition coefficient (Wildman–Crippen LogP) is 4.21. The van der Waals surface area contributed by atoms with Gasteiger partial charge in [0.25, 0.3) is 0 Å². The summed E-state index contributed by atoms with van der Waals surface area (Å²) in [5.74, 6) is 2.34. The average Bonchev–Trinajstić information content (AvgIpc) is 2.61. The highest BCUT2D eigenvalue weighted by Crippen LogP contribution is 2.27. The fourth-order valence-corrected chi connectivity index (χ4v) is 4.44. The van der Waals surface area contributed by atoms with E-state index in [-0.39, 0.29) is 17.7 Å². The molecule has 1 saturated heterocycles. The molecule has 1 heterocycles. The molecule has 1 aromatic carbocycles. The smallest absolute Gasteiger partial charge is 0.235 e. The minimum atomic E-state index is 0. The van der Waals surface area contributed by atoms with E-state index in [1.807, 2.05) is 6.07 Å². The lowest BCUT2D eigenvalue weighted by Gasteiger charge is -2.35. The van der Waals surface area contributed by atoms with Crippen LogP contribution in [0.5, 0.6) is 0 Å². The van der Waals surface area contributed by atoms with Crippen LogP contribution in [0.1, 0.15) is 39.2 Å². The summed E-state index contributed by atoms with van der Waals surface area (Å²) in [4.78, 5) is 15.1. The van der Waals surface area contributed by atoms with Gasteiger partial charge in [0.2, 0.25) is 5.91 Å². The Morgan fingerprint density at radius 1 is 1.24 bits per heavy atom. The second-order valence-corrected chi connectivity index (χ2v) is 8.17. The van der Waals surface area contributed by atoms with Crippen LogP contribution in [0.4, 0.5) is 0 Å². The molecule has 1 atom stereocenters. The number of amides is 1. The van der Waals surface area contributed by atoms with Crippen LogP contribution in [0, 0.1) is 11.8 Å². The number of hydrogen-bond acceptors (Lipinski definition) is 3. The van der Waals surface area contributed by atoms with Gasteiger partial charge in [0, 0.05) is 18.8 Å². The molecule has 1 aliphatic rings.